The van der Waals surface area contributed by atoms with Crippen molar-refractivity contribution in [3.63, 3.8) is 0 Å². The van der Waals surface area contributed by atoms with Crippen LogP contribution in [0, 0.1) is 0 Å². The maximum absolute atomic E-state index is 13.1. The van der Waals surface area contributed by atoms with E-state index in [-0.39, 0.29) is 18.2 Å². The number of nitrogens with one attached hydrogen (secondary N) is 1. The number of benzene rings is 1. The Morgan fingerprint density at radius 2 is 1.84 bits per heavy atom. The summed E-state index contributed by atoms with van der Waals surface area (Å²) in [4.78, 5) is 21.6. The van der Waals surface area contributed by atoms with Gasteiger partial charge in [-0.25, -0.2) is 24.1 Å². The summed E-state index contributed by atoms with van der Waals surface area (Å²) in [6, 6.07) is 9.52. The van der Waals surface area contributed by atoms with Gasteiger partial charge in [-0.3, -0.25) is 4.57 Å². The van der Waals surface area contributed by atoms with Gasteiger partial charge in [-0.05, 0) is 50.2 Å². The predicted molar refractivity (Wildman–Crippen MR) is 134 cm³/mol. The number of nitrogens with two attached hydrogens (primary N) is 1. The Labute approximate surface area is 219 Å². The molecule has 0 aliphatic carbocycles. The van der Waals surface area contributed by atoms with Gasteiger partial charge >= 0.3 is 11.9 Å². The highest BCUT2D eigenvalue weighted by molar-refractivity contribution is 6.30. The Balaban J connectivity index is 1.65. The molecule has 3 heterocycles. The third-order valence-corrected chi connectivity index (χ3v) is 5.59. The lowest BCUT2D eigenvalue weighted by atomic mass is 10.1. The minimum absolute atomic E-state index is 0.0717. The van der Waals surface area contributed by atoms with E-state index >= 15 is 0 Å². The lowest BCUT2D eigenvalue weighted by Gasteiger charge is -2.20. The van der Waals surface area contributed by atoms with Crippen LogP contribution in [0.1, 0.15) is 19.7 Å². The molecule has 0 amide bonds. The molecule has 202 valence electrons. The Hall–Kier alpha value is -3.75. The summed E-state index contributed by atoms with van der Waals surface area (Å²) in [7, 11) is 0. The van der Waals surface area contributed by atoms with Crippen molar-refractivity contribution in [2.24, 2.45) is 5.73 Å². The largest absolute Gasteiger partial charge is 0.416 e. The highest BCUT2D eigenvalue weighted by atomic mass is 35.5. The van der Waals surface area contributed by atoms with E-state index in [4.69, 9.17) is 17.3 Å². The Bertz CT molecular complexity index is 1460. The molecule has 0 saturated carbocycles. The van der Waals surface area contributed by atoms with Crippen LogP contribution in [0.15, 0.2) is 53.7 Å². The van der Waals surface area contributed by atoms with Crippen LogP contribution >= 0.6 is 11.6 Å². The number of anilines is 1. The third kappa shape index (κ3) is 6.38. The molecule has 4 rings (SSSR count). The molecule has 15 heteroatoms. The summed E-state index contributed by atoms with van der Waals surface area (Å²) >= 11 is 5.92. The lowest BCUT2D eigenvalue weighted by molar-refractivity contribution is -0.207. The van der Waals surface area contributed by atoms with E-state index in [1.807, 2.05) is 13.8 Å². The zero-order chi connectivity index (χ0) is 27.7. The number of nitrogens with zero attached hydrogens (tertiary/aromatic N) is 7. The average Bonchev–Trinajstić information content (AvgIpc) is 3.43. The van der Waals surface area contributed by atoms with Gasteiger partial charge in [0.1, 0.15) is 18.6 Å². The number of rotatable bonds is 9. The van der Waals surface area contributed by atoms with Gasteiger partial charge in [0.2, 0.25) is 0 Å². The highest BCUT2D eigenvalue weighted by Gasteiger charge is 2.39. The number of aliphatic hydroxyl groups is 1. The second-order valence-electron chi connectivity index (χ2n) is 9.26. The number of hydrogen-bond acceptors (Lipinski definition) is 8. The molecule has 0 radical (unpaired) electrons. The van der Waals surface area contributed by atoms with Gasteiger partial charge in [-0.2, -0.15) is 13.2 Å². The van der Waals surface area contributed by atoms with Gasteiger partial charge in [0.05, 0.1) is 6.54 Å². The summed E-state index contributed by atoms with van der Waals surface area (Å²) in [5, 5.41) is 21.8. The fourth-order valence-corrected chi connectivity index (χ4v) is 3.57. The maximum atomic E-state index is 13.1. The molecule has 38 heavy (non-hydrogen) atoms. The number of pyridine rings is 1. The van der Waals surface area contributed by atoms with E-state index in [9.17, 15) is 23.1 Å². The standard InChI is InChI=1S/C23H25ClF3N9O2/c1-22(2,28)12-30-19-16(4-3-9-29-19)36-13-31-18(32-36)11-35-21(38)34(10-17(37)23(25,26)27)20(33-35)14-5-7-15(24)8-6-14/h3-9,13,17,37H,10-12,28H2,1-2H3,(H,29,30)/t17-/m0/s1. The first-order valence-electron chi connectivity index (χ1n) is 11.4. The van der Waals surface area contributed by atoms with E-state index in [1.165, 1.54) is 35.3 Å². The zero-order valence-corrected chi connectivity index (χ0v) is 21.1. The molecule has 0 saturated heterocycles. The lowest BCUT2D eigenvalue weighted by Crippen LogP contribution is -2.39. The van der Waals surface area contributed by atoms with Gasteiger partial charge in [0, 0.05) is 28.9 Å². The van der Waals surface area contributed by atoms with Crippen molar-refractivity contribution in [1.82, 2.24) is 34.1 Å². The minimum atomic E-state index is -4.92. The average molecular weight is 552 g/mol. The monoisotopic (exact) mass is 551 g/mol. The van der Waals surface area contributed by atoms with E-state index in [1.54, 1.807) is 18.3 Å². The van der Waals surface area contributed by atoms with Gasteiger partial charge in [0.25, 0.3) is 0 Å². The van der Waals surface area contributed by atoms with Gasteiger partial charge in [-0.15, -0.1) is 10.2 Å². The first-order chi connectivity index (χ1) is 17.8. The van der Waals surface area contributed by atoms with Crippen LogP contribution in [0.5, 0.6) is 0 Å². The summed E-state index contributed by atoms with van der Waals surface area (Å²) in [5.74, 6) is 0.609. The van der Waals surface area contributed by atoms with Crippen molar-refractivity contribution in [3.8, 4) is 17.1 Å². The summed E-state index contributed by atoms with van der Waals surface area (Å²) < 4.78 is 42.4. The third-order valence-electron chi connectivity index (χ3n) is 5.33. The second kappa shape index (κ2) is 10.6. The normalized spacial score (nSPS) is 13.1. The topological polar surface area (TPSA) is 142 Å². The van der Waals surface area contributed by atoms with Crippen LogP contribution in [0.4, 0.5) is 19.0 Å². The van der Waals surface area contributed by atoms with Crippen LogP contribution in [0.25, 0.3) is 17.1 Å². The Morgan fingerprint density at radius 3 is 2.50 bits per heavy atom. The molecule has 0 unspecified atom stereocenters. The fourth-order valence-electron chi connectivity index (χ4n) is 3.45. The number of aromatic nitrogens is 7. The molecular formula is C23H25ClF3N9O2. The van der Waals surface area contributed by atoms with Crippen molar-refractivity contribution >= 4 is 17.4 Å². The van der Waals surface area contributed by atoms with Gasteiger partial charge < -0.3 is 16.2 Å². The van der Waals surface area contributed by atoms with E-state index < -0.39 is 30.1 Å². The number of alkyl halides is 3. The van der Waals surface area contributed by atoms with Crippen molar-refractivity contribution in [2.75, 3.05) is 11.9 Å². The van der Waals surface area contributed by atoms with Crippen LogP contribution in [-0.4, -0.2) is 63.6 Å². The SMILES string of the molecule is CC(C)(N)CNc1ncccc1-n1cnc(Cn2nc(-c3ccc(Cl)cc3)n(C[C@H](O)C(F)(F)F)c2=O)n1. The quantitative estimate of drug-likeness (QED) is 0.288. The molecule has 4 N–H and O–H groups in total. The van der Waals surface area contributed by atoms with Crippen LogP contribution < -0.4 is 16.7 Å². The first-order valence-corrected chi connectivity index (χ1v) is 11.8. The Kier molecular flexibility index (Phi) is 7.58. The molecular weight excluding hydrogens is 527 g/mol. The molecule has 1 atom stereocenters. The minimum Gasteiger partial charge on any atom is -0.382 e. The van der Waals surface area contributed by atoms with Gasteiger partial charge in [-0.1, -0.05) is 11.6 Å². The van der Waals surface area contributed by atoms with Crippen LogP contribution in [0.3, 0.4) is 0 Å². The molecule has 3 aromatic heterocycles. The van der Waals surface area contributed by atoms with Crippen molar-refractivity contribution < 1.29 is 18.3 Å². The van der Waals surface area contributed by atoms with E-state index in [2.05, 4.69) is 25.5 Å². The first kappa shape index (κ1) is 27.3. The fraction of sp³-hybridized carbons (Fsp3) is 0.348. The number of hydrogen-bond donors (Lipinski definition) is 3. The molecule has 0 fully saturated rings. The summed E-state index contributed by atoms with van der Waals surface area (Å²) in [5.41, 5.74) is 5.59. The molecule has 0 spiro atoms. The molecule has 0 bridgehead atoms. The summed E-state index contributed by atoms with van der Waals surface area (Å²) in [6.07, 6.45) is -4.67. The molecule has 1 aromatic carbocycles. The van der Waals surface area contributed by atoms with Gasteiger partial charge in [0.15, 0.2) is 23.6 Å². The zero-order valence-electron chi connectivity index (χ0n) is 20.4. The van der Waals surface area contributed by atoms with Crippen molar-refractivity contribution in [1.29, 1.82) is 0 Å². The van der Waals surface area contributed by atoms with Crippen LogP contribution in [-0.2, 0) is 13.1 Å². The molecule has 11 nitrogen and oxygen atoms in total. The number of halogens is 4. The second-order valence-corrected chi connectivity index (χ2v) is 9.69. The van der Waals surface area contributed by atoms with Crippen LogP contribution in [0.2, 0.25) is 5.02 Å². The van der Waals surface area contributed by atoms with E-state index in [0.717, 1.165) is 9.25 Å². The predicted octanol–water partition coefficient (Wildman–Crippen LogP) is 2.46. The molecule has 0 aliphatic rings. The Morgan fingerprint density at radius 1 is 1.13 bits per heavy atom. The van der Waals surface area contributed by atoms with Crippen molar-refractivity contribution in [2.45, 2.75) is 44.8 Å². The highest BCUT2D eigenvalue weighted by Crippen LogP contribution is 2.24. The molecule has 0 aliphatic heterocycles. The van der Waals surface area contributed by atoms with Crippen molar-refractivity contribution in [3.05, 3.63) is 70.3 Å². The molecule has 4 aromatic rings. The maximum Gasteiger partial charge on any atom is 0.416 e. The number of aliphatic hydroxyl groups excluding tert-OH is 1. The summed E-state index contributed by atoms with van der Waals surface area (Å²) in [6.45, 7) is 2.88. The van der Waals surface area contributed by atoms with E-state index in [0.29, 0.717) is 28.6 Å². The smallest absolute Gasteiger partial charge is 0.382 e.